The summed E-state index contributed by atoms with van der Waals surface area (Å²) in [5, 5.41) is 7.19. The second kappa shape index (κ2) is 4.75. The molecule has 1 unspecified atom stereocenters. The summed E-state index contributed by atoms with van der Waals surface area (Å²) < 4.78 is 5.31. The molecule has 1 aliphatic rings. The van der Waals surface area contributed by atoms with Crippen LogP contribution in [0.4, 0.5) is 0 Å². The molecule has 1 heterocycles. The predicted molar refractivity (Wildman–Crippen MR) is 57.7 cm³/mol. The van der Waals surface area contributed by atoms with Crippen LogP contribution in [0.1, 0.15) is 50.2 Å². The maximum absolute atomic E-state index is 5.31. The molecular formula is C11H19N3O. The fourth-order valence-electron chi connectivity index (χ4n) is 2.06. The van der Waals surface area contributed by atoms with E-state index >= 15 is 0 Å². The summed E-state index contributed by atoms with van der Waals surface area (Å²) in [7, 11) is 1.95. The monoisotopic (exact) mass is 209 g/mol. The molecule has 1 fully saturated rings. The highest BCUT2D eigenvalue weighted by Crippen LogP contribution is 2.32. The Morgan fingerprint density at radius 1 is 1.47 bits per heavy atom. The molecule has 0 aromatic carbocycles. The molecule has 0 spiro atoms. The van der Waals surface area contributed by atoms with Crippen LogP contribution in [0.3, 0.4) is 0 Å². The lowest BCUT2D eigenvalue weighted by atomic mass is 10.1. The molecule has 0 radical (unpaired) electrons. The average molecular weight is 209 g/mol. The van der Waals surface area contributed by atoms with Gasteiger partial charge in [0.15, 0.2) is 5.82 Å². The van der Waals surface area contributed by atoms with Crippen molar-refractivity contribution in [2.45, 2.75) is 51.0 Å². The van der Waals surface area contributed by atoms with E-state index in [0.29, 0.717) is 12.0 Å². The van der Waals surface area contributed by atoms with Gasteiger partial charge in [-0.05, 0) is 26.8 Å². The smallest absolute Gasteiger partial charge is 0.229 e. The molecule has 0 amide bonds. The standard InChI is InChI=1S/C11H19N3O/c1-8(12-2)7-10-13-11(15-14-10)9-5-3-4-6-9/h8-9,12H,3-7H2,1-2H3. The minimum Gasteiger partial charge on any atom is -0.339 e. The molecule has 4 nitrogen and oxygen atoms in total. The summed E-state index contributed by atoms with van der Waals surface area (Å²) in [5.41, 5.74) is 0. The third-order valence-corrected chi connectivity index (χ3v) is 3.17. The minimum absolute atomic E-state index is 0.402. The molecule has 0 bridgehead atoms. The Balaban J connectivity index is 1.97. The van der Waals surface area contributed by atoms with Gasteiger partial charge >= 0.3 is 0 Å². The second-order valence-corrected chi connectivity index (χ2v) is 4.42. The van der Waals surface area contributed by atoms with Crippen molar-refractivity contribution in [3.8, 4) is 0 Å². The zero-order chi connectivity index (χ0) is 10.7. The summed E-state index contributed by atoms with van der Waals surface area (Å²) in [6.45, 7) is 2.12. The van der Waals surface area contributed by atoms with Gasteiger partial charge in [0.1, 0.15) is 0 Å². The molecule has 1 aromatic rings. The van der Waals surface area contributed by atoms with Crippen LogP contribution in [0.2, 0.25) is 0 Å². The van der Waals surface area contributed by atoms with E-state index in [4.69, 9.17) is 4.52 Å². The van der Waals surface area contributed by atoms with Gasteiger partial charge in [0, 0.05) is 18.4 Å². The first-order valence-electron chi connectivity index (χ1n) is 5.79. The fraction of sp³-hybridized carbons (Fsp3) is 0.818. The zero-order valence-corrected chi connectivity index (χ0v) is 9.49. The highest BCUT2D eigenvalue weighted by Gasteiger charge is 2.23. The van der Waals surface area contributed by atoms with E-state index in [0.717, 1.165) is 18.1 Å². The molecule has 2 rings (SSSR count). The number of nitrogens with one attached hydrogen (secondary N) is 1. The van der Waals surface area contributed by atoms with Crippen molar-refractivity contribution in [3.63, 3.8) is 0 Å². The van der Waals surface area contributed by atoms with Crippen LogP contribution in [-0.2, 0) is 6.42 Å². The van der Waals surface area contributed by atoms with E-state index in [1.807, 2.05) is 7.05 Å². The molecule has 1 N–H and O–H groups in total. The van der Waals surface area contributed by atoms with E-state index in [-0.39, 0.29) is 0 Å². The molecular weight excluding hydrogens is 190 g/mol. The molecule has 4 heteroatoms. The number of aromatic nitrogens is 2. The van der Waals surface area contributed by atoms with Crippen molar-refractivity contribution < 1.29 is 4.52 Å². The first kappa shape index (κ1) is 10.6. The highest BCUT2D eigenvalue weighted by molar-refractivity contribution is 4.97. The summed E-state index contributed by atoms with van der Waals surface area (Å²) in [6.07, 6.45) is 5.86. The minimum atomic E-state index is 0.402. The van der Waals surface area contributed by atoms with Gasteiger partial charge in [0.2, 0.25) is 5.89 Å². The van der Waals surface area contributed by atoms with Crippen molar-refractivity contribution in [2.75, 3.05) is 7.05 Å². The van der Waals surface area contributed by atoms with Gasteiger partial charge in [0.25, 0.3) is 0 Å². The zero-order valence-electron chi connectivity index (χ0n) is 9.49. The SMILES string of the molecule is CNC(C)Cc1noc(C2CCCC2)n1. The van der Waals surface area contributed by atoms with E-state index < -0.39 is 0 Å². The van der Waals surface area contributed by atoms with Crippen LogP contribution >= 0.6 is 0 Å². The van der Waals surface area contributed by atoms with E-state index in [1.165, 1.54) is 25.7 Å². The summed E-state index contributed by atoms with van der Waals surface area (Å²) >= 11 is 0. The highest BCUT2D eigenvalue weighted by atomic mass is 16.5. The summed E-state index contributed by atoms with van der Waals surface area (Å²) in [5.74, 6) is 2.21. The molecule has 15 heavy (non-hydrogen) atoms. The second-order valence-electron chi connectivity index (χ2n) is 4.42. The molecule has 1 atom stereocenters. The lowest BCUT2D eigenvalue weighted by molar-refractivity contribution is 0.349. The Morgan fingerprint density at radius 2 is 2.20 bits per heavy atom. The Bertz CT molecular complexity index is 305. The van der Waals surface area contributed by atoms with Crippen LogP contribution in [-0.4, -0.2) is 23.2 Å². The molecule has 0 aliphatic heterocycles. The fourth-order valence-corrected chi connectivity index (χ4v) is 2.06. The van der Waals surface area contributed by atoms with Crippen LogP contribution in [0, 0.1) is 0 Å². The van der Waals surface area contributed by atoms with Crippen molar-refractivity contribution in [1.82, 2.24) is 15.5 Å². The Morgan fingerprint density at radius 3 is 2.87 bits per heavy atom. The maximum Gasteiger partial charge on any atom is 0.229 e. The van der Waals surface area contributed by atoms with Gasteiger partial charge in [-0.2, -0.15) is 4.98 Å². The molecule has 84 valence electrons. The van der Waals surface area contributed by atoms with Crippen molar-refractivity contribution in [3.05, 3.63) is 11.7 Å². The summed E-state index contributed by atoms with van der Waals surface area (Å²) in [6, 6.07) is 0.402. The van der Waals surface area contributed by atoms with Crippen molar-refractivity contribution in [2.24, 2.45) is 0 Å². The predicted octanol–water partition coefficient (Wildman–Crippen LogP) is 1.88. The van der Waals surface area contributed by atoms with E-state index in [2.05, 4.69) is 22.4 Å². The van der Waals surface area contributed by atoms with Crippen LogP contribution in [0.25, 0.3) is 0 Å². The molecule has 1 aliphatic carbocycles. The number of hydrogen-bond acceptors (Lipinski definition) is 4. The van der Waals surface area contributed by atoms with Gasteiger partial charge in [-0.1, -0.05) is 18.0 Å². The summed E-state index contributed by atoms with van der Waals surface area (Å²) in [4.78, 5) is 4.46. The largest absolute Gasteiger partial charge is 0.339 e. The van der Waals surface area contributed by atoms with E-state index in [1.54, 1.807) is 0 Å². The van der Waals surface area contributed by atoms with Crippen molar-refractivity contribution in [1.29, 1.82) is 0 Å². The molecule has 0 saturated heterocycles. The average Bonchev–Trinajstić information content (AvgIpc) is 2.85. The van der Waals surface area contributed by atoms with Gasteiger partial charge < -0.3 is 9.84 Å². The van der Waals surface area contributed by atoms with Crippen LogP contribution in [0.5, 0.6) is 0 Å². The Hall–Kier alpha value is -0.900. The first-order valence-corrected chi connectivity index (χ1v) is 5.79. The number of likely N-dealkylation sites (N-methyl/N-ethyl adjacent to an activating group) is 1. The first-order chi connectivity index (χ1) is 7.29. The molecule has 1 saturated carbocycles. The lowest BCUT2D eigenvalue weighted by Crippen LogP contribution is -2.24. The topological polar surface area (TPSA) is 51.0 Å². The van der Waals surface area contributed by atoms with E-state index in [9.17, 15) is 0 Å². The van der Waals surface area contributed by atoms with Crippen LogP contribution in [0.15, 0.2) is 4.52 Å². The third-order valence-electron chi connectivity index (χ3n) is 3.17. The number of rotatable bonds is 4. The van der Waals surface area contributed by atoms with Crippen LogP contribution < -0.4 is 5.32 Å². The Labute approximate surface area is 90.4 Å². The maximum atomic E-state index is 5.31. The number of hydrogen-bond donors (Lipinski definition) is 1. The van der Waals surface area contributed by atoms with Crippen molar-refractivity contribution >= 4 is 0 Å². The van der Waals surface area contributed by atoms with Gasteiger partial charge in [-0.3, -0.25) is 0 Å². The van der Waals surface area contributed by atoms with Gasteiger partial charge in [-0.15, -0.1) is 0 Å². The normalized spacial score (nSPS) is 19.6. The van der Waals surface area contributed by atoms with Gasteiger partial charge in [0.05, 0.1) is 0 Å². The molecule has 1 aromatic heterocycles. The third kappa shape index (κ3) is 2.56. The van der Waals surface area contributed by atoms with Gasteiger partial charge in [-0.25, -0.2) is 0 Å². The number of nitrogens with zero attached hydrogens (tertiary/aromatic N) is 2. The quantitative estimate of drug-likeness (QED) is 0.822. The Kier molecular flexibility index (Phi) is 3.36. The lowest BCUT2D eigenvalue weighted by Gasteiger charge is -2.05.